The monoisotopic (exact) mass is 296 g/mol. The molecule has 0 aliphatic carbocycles. The summed E-state index contributed by atoms with van der Waals surface area (Å²) in [6, 6.07) is 2.05. The van der Waals surface area contributed by atoms with Crippen LogP contribution in [0.15, 0.2) is 11.4 Å². The molecular formula is C9H13IOS. The lowest BCUT2D eigenvalue weighted by Gasteiger charge is -2.11. The van der Waals surface area contributed by atoms with Crippen LogP contribution in [0.25, 0.3) is 0 Å². The average molecular weight is 296 g/mol. The molecular weight excluding hydrogens is 283 g/mol. The first-order valence-corrected chi connectivity index (χ1v) is 5.98. The molecule has 1 N–H and O–H groups in total. The van der Waals surface area contributed by atoms with E-state index in [4.69, 9.17) is 0 Å². The van der Waals surface area contributed by atoms with Crippen molar-refractivity contribution in [2.75, 3.05) is 0 Å². The lowest BCUT2D eigenvalue weighted by molar-refractivity contribution is 0.154. The Kier molecular flexibility index (Phi) is 3.99. The highest BCUT2D eigenvalue weighted by Crippen LogP contribution is 2.29. The number of hydrogen-bond donors (Lipinski definition) is 1. The topological polar surface area (TPSA) is 20.2 Å². The van der Waals surface area contributed by atoms with E-state index in [1.807, 2.05) is 11.4 Å². The minimum Gasteiger partial charge on any atom is -0.388 e. The van der Waals surface area contributed by atoms with E-state index in [-0.39, 0.29) is 6.10 Å². The predicted molar refractivity (Wildman–Crippen MR) is 61.5 cm³/mol. The van der Waals surface area contributed by atoms with E-state index in [0.717, 1.165) is 11.3 Å². The van der Waals surface area contributed by atoms with Gasteiger partial charge in [0.15, 0.2) is 0 Å². The van der Waals surface area contributed by atoms with E-state index in [0.29, 0.717) is 5.92 Å². The van der Waals surface area contributed by atoms with Crippen LogP contribution in [0.2, 0.25) is 0 Å². The summed E-state index contributed by atoms with van der Waals surface area (Å²) < 4.78 is 1.19. The predicted octanol–water partition coefficient (Wildman–Crippen LogP) is 3.43. The van der Waals surface area contributed by atoms with E-state index in [9.17, 15) is 5.11 Å². The Hall–Kier alpha value is 0.390. The van der Waals surface area contributed by atoms with Gasteiger partial charge in [0.05, 0.1) is 6.10 Å². The molecule has 1 atom stereocenters. The van der Waals surface area contributed by atoms with Crippen molar-refractivity contribution < 1.29 is 5.11 Å². The minimum atomic E-state index is -0.267. The molecule has 1 nitrogen and oxygen atoms in total. The molecule has 1 aromatic heterocycles. The molecule has 0 aliphatic heterocycles. The van der Waals surface area contributed by atoms with Crippen molar-refractivity contribution >= 4 is 33.9 Å². The van der Waals surface area contributed by atoms with Crippen LogP contribution in [0.5, 0.6) is 0 Å². The zero-order valence-electron chi connectivity index (χ0n) is 7.25. The second-order valence-electron chi connectivity index (χ2n) is 3.28. The number of hydrogen-bond acceptors (Lipinski definition) is 2. The summed E-state index contributed by atoms with van der Waals surface area (Å²) in [6.45, 7) is 4.26. The molecule has 0 saturated carbocycles. The second kappa shape index (κ2) is 4.58. The van der Waals surface area contributed by atoms with E-state index in [2.05, 4.69) is 36.4 Å². The van der Waals surface area contributed by atoms with Gasteiger partial charge >= 0.3 is 0 Å². The lowest BCUT2D eigenvalue weighted by Crippen LogP contribution is -2.00. The van der Waals surface area contributed by atoms with Crippen LogP contribution in [0, 0.1) is 9.49 Å². The van der Waals surface area contributed by atoms with Gasteiger partial charge in [0.25, 0.3) is 0 Å². The van der Waals surface area contributed by atoms with E-state index >= 15 is 0 Å². The van der Waals surface area contributed by atoms with Crippen LogP contribution in [-0.2, 0) is 0 Å². The maximum atomic E-state index is 9.77. The number of thiophene rings is 1. The second-order valence-corrected chi connectivity index (χ2v) is 5.39. The van der Waals surface area contributed by atoms with Gasteiger partial charge in [-0.3, -0.25) is 0 Å². The van der Waals surface area contributed by atoms with Crippen molar-refractivity contribution in [2.24, 2.45) is 5.92 Å². The molecule has 0 bridgehead atoms. The van der Waals surface area contributed by atoms with Crippen LogP contribution >= 0.6 is 33.9 Å². The van der Waals surface area contributed by atoms with Crippen molar-refractivity contribution in [1.29, 1.82) is 0 Å². The van der Waals surface area contributed by atoms with Crippen LogP contribution in [0.4, 0.5) is 0 Å². The zero-order chi connectivity index (χ0) is 9.14. The third-order valence-corrected chi connectivity index (χ3v) is 3.97. The Morgan fingerprint density at radius 1 is 1.58 bits per heavy atom. The van der Waals surface area contributed by atoms with Crippen LogP contribution in [0.3, 0.4) is 0 Å². The lowest BCUT2D eigenvalue weighted by atomic mass is 10.1. The summed E-state index contributed by atoms with van der Waals surface area (Å²) >= 11 is 3.91. The van der Waals surface area contributed by atoms with Crippen molar-refractivity contribution in [3.63, 3.8) is 0 Å². The maximum absolute atomic E-state index is 9.77. The number of halogens is 1. The smallest absolute Gasteiger partial charge is 0.0895 e. The van der Waals surface area contributed by atoms with Gasteiger partial charge in [-0.05, 0) is 46.4 Å². The molecule has 0 spiro atoms. The van der Waals surface area contributed by atoms with Crippen molar-refractivity contribution in [3.8, 4) is 0 Å². The summed E-state index contributed by atoms with van der Waals surface area (Å²) in [5, 5.41) is 11.8. The molecule has 0 radical (unpaired) electrons. The van der Waals surface area contributed by atoms with E-state index in [1.54, 1.807) is 11.3 Å². The first-order chi connectivity index (χ1) is 5.61. The quantitative estimate of drug-likeness (QED) is 0.847. The molecule has 1 aromatic rings. The highest BCUT2D eigenvalue weighted by atomic mass is 127. The van der Waals surface area contributed by atoms with Crippen LogP contribution < -0.4 is 0 Å². The average Bonchev–Trinajstić information content (AvgIpc) is 2.33. The summed E-state index contributed by atoms with van der Waals surface area (Å²) in [6.07, 6.45) is 0.591. The molecule has 0 fully saturated rings. The van der Waals surface area contributed by atoms with Gasteiger partial charge in [0.1, 0.15) is 0 Å². The van der Waals surface area contributed by atoms with Crippen LogP contribution in [0.1, 0.15) is 31.2 Å². The molecule has 0 saturated heterocycles. The zero-order valence-corrected chi connectivity index (χ0v) is 10.2. The number of aliphatic hydroxyl groups is 1. The van der Waals surface area contributed by atoms with Gasteiger partial charge in [-0.25, -0.2) is 0 Å². The molecule has 1 unspecified atom stereocenters. The molecule has 68 valence electrons. The largest absolute Gasteiger partial charge is 0.388 e. The van der Waals surface area contributed by atoms with Gasteiger partial charge in [0, 0.05) is 8.45 Å². The van der Waals surface area contributed by atoms with Gasteiger partial charge in [-0.2, -0.15) is 0 Å². The normalized spacial score (nSPS) is 13.8. The molecule has 1 rings (SSSR count). The Balaban J connectivity index is 2.65. The molecule has 0 aliphatic rings. The summed E-state index contributed by atoms with van der Waals surface area (Å²) in [5.41, 5.74) is 0. The van der Waals surface area contributed by atoms with Gasteiger partial charge in [0.2, 0.25) is 0 Å². The molecule has 0 aromatic carbocycles. The van der Waals surface area contributed by atoms with Crippen LogP contribution in [-0.4, -0.2) is 5.11 Å². The Labute approximate surface area is 91.0 Å². The Bertz CT molecular complexity index is 244. The summed E-state index contributed by atoms with van der Waals surface area (Å²) in [4.78, 5) is 1.12. The third-order valence-electron chi connectivity index (χ3n) is 1.64. The molecule has 0 amide bonds. The van der Waals surface area contributed by atoms with Crippen molar-refractivity contribution in [2.45, 2.75) is 26.4 Å². The van der Waals surface area contributed by atoms with E-state index in [1.165, 1.54) is 3.57 Å². The maximum Gasteiger partial charge on any atom is 0.0895 e. The minimum absolute atomic E-state index is 0.267. The number of aliphatic hydroxyl groups excluding tert-OH is 1. The molecule has 3 heteroatoms. The highest BCUT2D eigenvalue weighted by Gasteiger charge is 2.13. The third kappa shape index (κ3) is 2.71. The fourth-order valence-corrected chi connectivity index (χ4v) is 3.05. The fourth-order valence-electron chi connectivity index (χ4n) is 1.10. The molecule has 12 heavy (non-hydrogen) atoms. The van der Waals surface area contributed by atoms with Gasteiger partial charge in [-0.15, -0.1) is 11.3 Å². The van der Waals surface area contributed by atoms with E-state index < -0.39 is 0 Å². The first-order valence-electron chi connectivity index (χ1n) is 4.02. The summed E-state index contributed by atoms with van der Waals surface area (Å²) in [5.74, 6) is 0.554. The Morgan fingerprint density at radius 3 is 2.67 bits per heavy atom. The fraction of sp³-hybridized carbons (Fsp3) is 0.556. The van der Waals surface area contributed by atoms with Gasteiger partial charge < -0.3 is 5.11 Å². The Morgan fingerprint density at radius 2 is 2.25 bits per heavy atom. The highest BCUT2D eigenvalue weighted by molar-refractivity contribution is 14.1. The van der Waals surface area contributed by atoms with Crippen molar-refractivity contribution in [1.82, 2.24) is 0 Å². The summed E-state index contributed by atoms with van der Waals surface area (Å²) in [7, 11) is 0. The standard InChI is InChI=1S/C9H13IOS/c1-6(2)5-8(11)9-7(10)3-4-12-9/h3-4,6,8,11H,5H2,1-2H3. The molecule has 1 heterocycles. The number of rotatable bonds is 3. The van der Waals surface area contributed by atoms with Crippen molar-refractivity contribution in [3.05, 3.63) is 19.9 Å². The first kappa shape index (κ1) is 10.5. The van der Waals surface area contributed by atoms with Gasteiger partial charge in [-0.1, -0.05) is 13.8 Å². The SMILES string of the molecule is CC(C)CC(O)c1sccc1I.